The molecule has 20 heavy (non-hydrogen) atoms. The van der Waals surface area contributed by atoms with Crippen LogP contribution in [0.1, 0.15) is 17.9 Å². The van der Waals surface area contributed by atoms with Gasteiger partial charge in [-0.1, -0.05) is 36.3 Å². The van der Waals surface area contributed by atoms with Gasteiger partial charge in [-0.05, 0) is 29.8 Å². The first-order chi connectivity index (χ1) is 9.69. The summed E-state index contributed by atoms with van der Waals surface area (Å²) in [6.07, 6.45) is 5.30. The fourth-order valence-corrected chi connectivity index (χ4v) is 1.84. The van der Waals surface area contributed by atoms with E-state index in [2.05, 4.69) is 5.92 Å². The van der Waals surface area contributed by atoms with Crippen molar-refractivity contribution in [3.05, 3.63) is 60.2 Å². The maximum absolute atomic E-state index is 10.7. The molecule has 2 aromatic rings. The van der Waals surface area contributed by atoms with Crippen molar-refractivity contribution in [2.75, 3.05) is 0 Å². The molecule has 0 aromatic heterocycles. The molecule has 0 aliphatic rings. The van der Waals surface area contributed by atoms with Crippen LogP contribution in [-0.2, 0) is 4.79 Å². The topological polar surface area (TPSA) is 46.5 Å². The molecular formula is C17H14O3. The van der Waals surface area contributed by atoms with Gasteiger partial charge < -0.3 is 9.84 Å². The lowest BCUT2D eigenvalue weighted by Gasteiger charge is -2.10. The Balaban J connectivity index is 2.10. The highest BCUT2D eigenvalue weighted by molar-refractivity contribution is 5.68. The number of rotatable bonds is 5. The number of carbonyl (C=O) groups is 1. The predicted molar refractivity (Wildman–Crippen MR) is 76.8 cm³/mol. The highest BCUT2D eigenvalue weighted by Crippen LogP contribution is 2.25. The van der Waals surface area contributed by atoms with E-state index in [-0.39, 0.29) is 6.42 Å². The Bertz CT molecular complexity index is 609. The minimum atomic E-state index is -0.905. The molecule has 3 nitrogen and oxygen atoms in total. The lowest BCUT2D eigenvalue weighted by Crippen LogP contribution is -2.04. The van der Waals surface area contributed by atoms with Gasteiger partial charge in [0, 0.05) is 0 Å². The van der Waals surface area contributed by atoms with Gasteiger partial charge in [-0.2, -0.15) is 0 Å². The van der Waals surface area contributed by atoms with Crippen LogP contribution in [-0.4, -0.2) is 11.1 Å². The fourth-order valence-electron chi connectivity index (χ4n) is 1.84. The first-order valence-corrected chi connectivity index (χ1v) is 6.20. The third-order valence-electron chi connectivity index (χ3n) is 2.84. The highest BCUT2D eigenvalue weighted by atomic mass is 16.5. The molecule has 1 unspecified atom stereocenters. The number of hydrogen-bond acceptors (Lipinski definition) is 2. The number of benzene rings is 2. The van der Waals surface area contributed by atoms with E-state index in [9.17, 15) is 4.79 Å². The Labute approximate surface area is 117 Å². The molecule has 0 bridgehead atoms. The third kappa shape index (κ3) is 3.63. The molecule has 3 heteroatoms. The van der Waals surface area contributed by atoms with E-state index in [0.717, 1.165) is 11.3 Å². The molecule has 0 saturated heterocycles. The first-order valence-electron chi connectivity index (χ1n) is 6.20. The van der Waals surface area contributed by atoms with Crippen LogP contribution in [0.4, 0.5) is 0 Å². The summed E-state index contributed by atoms with van der Waals surface area (Å²) in [5.74, 6) is 2.61. The molecule has 0 aliphatic heterocycles. The van der Waals surface area contributed by atoms with E-state index < -0.39 is 11.9 Å². The van der Waals surface area contributed by atoms with Gasteiger partial charge in [-0.15, -0.1) is 6.42 Å². The number of para-hydroxylation sites is 1. The van der Waals surface area contributed by atoms with Crippen LogP contribution < -0.4 is 4.74 Å². The maximum Gasteiger partial charge on any atom is 0.304 e. The number of aliphatic carboxylic acids is 1. The normalized spacial score (nSPS) is 11.3. The highest BCUT2D eigenvalue weighted by Gasteiger charge is 2.12. The summed E-state index contributed by atoms with van der Waals surface area (Å²) in [4.78, 5) is 10.7. The number of ether oxygens (including phenoxy) is 1. The van der Waals surface area contributed by atoms with Crippen LogP contribution in [0.15, 0.2) is 54.6 Å². The Morgan fingerprint density at radius 3 is 2.25 bits per heavy atom. The summed E-state index contributed by atoms with van der Waals surface area (Å²) in [6, 6.07) is 16.6. The van der Waals surface area contributed by atoms with Crippen LogP contribution in [0, 0.1) is 12.3 Å². The van der Waals surface area contributed by atoms with Gasteiger partial charge in [-0.25, -0.2) is 0 Å². The Hall–Kier alpha value is -2.73. The standard InChI is InChI=1S/C17H14O3/c1-2-13(12-17(18)19)14-8-10-16(11-9-14)20-15-6-4-3-5-7-15/h1,3-11,13H,12H2,(H,18,19). The molecule has 2 rings (SSSR count). The van der Waals surface area contributed by atoms with Gasteiger partial charge >= 0.3 is 5.97 Å². The largest absolute Gasteiger partial charge is 0.481 e. The second-order valence-corrected chi connectivity index (χ2v) is 4.30. The Morgan fingerprint density at radius 2 is 1.70 bits per heavy atom. The van der Waals surface area contributed by atoms with Crippen molar-refractivity contribution < 1.29 is 14.6 Å². The summed E-state index contributed by atoms with van der Waals surface area (Å²) in [6.45, 7) is 0. The summed E-state index contributed by atoms with van der Waals surface area (Å²) in [7, 11) is 0. The molecule has 1 atom stereocenters. The third-order valence-corrected chi connectivity index (χ3v) is 2.84. The van der Waals surface area contributed by atoms with E-state index >= 15 is 0 Å². The number of carboxylic acids is 1. The molecule has 2 aromatic carbocycles. The summed E-state index contributed by atoms with van der Waals surface area (Å²) >= 11 is 0. The zero-order valence-electron chi connectivity index (χ0n) is 10.8. The molecule has 0 spiro atoms. The van der Waals surface area contributed by atoms with Gasteiger partial charge in [0.25, 0.3) is 0 Å². The Kier molecular flexibility index (Phi) is 4.41. The first kappa shape index (κ1) is 13.7. The molecule has 0 saturated carbocycles. The quantitative estimate of drug-likeness (QED) is 0.840. The second-order valence-electron chi connectivity index (χ2n) is 4.30. The van der Waals surface area contributed by atoms with E-state index in [1.165, 1.54) is 0 Å². The average Bonchev–Trinajstić information content (AvgIpc) is 2.46. The summed E-state index contributed by atoms with van der Waals surface area (Å²) in [5.41, 5.74) is 0.801. The van der Waals surface area contributed by atoms with Gasteiger partial charge in [0.05, 0.1) is 12.3 Å². The molecule has 0 radical (unpaired) electrons. The molecular weight excluding hydrogens is 252 g/mol. The summed E-state index contributed by atoms with van der Waals surface area (Å²) < 4.78 is 5.66. The van der Waals surface area contributed by atoms with E-state index in [1.54, 1.807) is 24.3 Å². The zero-order valence-corrected chi connectivity index (χ0v) is 10.8. The molecule has 100 valence electrons. The second kappa shape index (κ2) is 6.44. The van der Waals surface area contributed by atoms with Crippen molar-refractivity contribution >= 4 is 5.97 Å². The van der Waals surface area contributed by atoms with Gasteiger partial charge in [0.2, 0.25) is 0 Å². The van der Waals surface area contributed by atoms with Crippen LogP contribution in [0.5, 0.6) is 11.5 Å². The van der Waals surface area contributed by atoms with E-state index in [4.69, 9.17) is 16.3 Å². The Morgan fingerprint density at radius 1 is 1.10 bits per heavy atom. The minimum Gasteiger partial charge on any atom is -0.481 e. The van der Waals surface area contributed by atoms with Crippen molar-refractivity contribution in [1.82, 2.24) is 0 Å². The molecule has 0 fully saturated rings. The van der Waals surface area contributed by atoms with Crippen molar-refractivity contribution in [3.63, 3.8) is 0 Å². The number of terminal acetylenes is 1. The minimum absolute atomic E-state index is 0.0740. The number of hydrogen-bond donors (Lipinski definition) is 1. The maximum atomic E-state index is 10.7. The van der Waals surface area contributed by atoms with Crippen molar-refractivity contribution in [1.29, 1.82) is 0 Å². The predicted octanol–water partition coefficient (Wildman–Crippen LogP) is 3.67. The van der Waals surface area contributed by atoms with Gasteiger partial charge in [-0.3, -0.25) is 4.79 Å². The molecule has 0 heterocycles. The monoisotopic (exact) mass is 266 g/mol. The van der Waals surface area contributed by atoms with Crippen molar-refractivity contribution in [2.24, 2.45) is 0 Å². The lowest BCUT2D eigenvalue weighted by atomic mass is 9.97. The van der Waals surface area contributed by atoms with Crippen molar-refractivity contribution in [3.8, 4) is 23.8 Å². The van der Waals surface area contributed by atoms with E-state index in [0.29, 0.717) is 5.75 Å². The molecule has 0 amide bonds. The van der Waals surface area contributed by atoms with Gasteiger partial charge in [0.15, 0.2) is 0 Å². The SMILES string of the molecule is C#CC(CC(=O)O)c1ccc(Oc2ccccc2)cc1. The number of carboxylic acid groups (broad SMARTS) is 1. The lowest BCUT2D eigenvalue weighted by molar-refractivity contribution is -0.137. The smallest absolute Gasteiger partial charge is 0.304 e. The zero-order chi connectivity index (χ0) is 14.4. The van der Waals surface area contributed by atoms with Crippen molar-refractivity contribution in [2.45, 2.75) is 12.3 Å². The van der Waals surface area contributed by atoms with Crippen LogP contribution in [0.2, 0.25) is 0 Å². The van der Waals surface area contributed by atoms with E-state index in [1.807, 2.05) is 30.3 Å². The van der Waals surface area contributed by atoms with Crippen LogP contribution >= 0.6 is 0 Å². The molecule has 1 N–H and O–H groups in total. The fraction of sp³-hybridized carbons (Fsp3) is 0.118. The van der Waals surface area contributed by atoms with Gasteiger partial charge in [0.1, 0.15) is 11.5 Å². The van der Waals surface area contributed by atoms with Crippen LogP contribution in [0.3, 0.4) is 0 Å². The molecule has 0 aliphatic carbocycles. The summed E-state index contributed by atoms with van der Waals surface area (Å²) in [5, 5.41) is 8.81. The van der Waals surface area contributed by atoms with Crippen LogP contribution in [0.25, 0.3) is 0 Å². The average molecular weight is 266 g/mol.